The Labute approximate surface area is 153 Å². The summed E-state index contributed by atoms with van der Waals surface area (Å²) in [5.74, 6) is 0.536. The Bertz CT molecular complexity index is 703. The molecule has 1 aliphatic rings. The van der Waals surface area contributed by atoms with Crippen molar-refractivity contribution in [1.82, 2.24) is 5.32 Å². The predicted molar refractivity (Wildman–Crippen MR) is 104 cm³/mol. The molecule has 0 bridgehead atoms. The van der Waals surface area contributed by atoms with Gasteiger partial charge < -0.3 is 11.1 Å². The molecule has 0 fully saturated rings. The summed E-state index contributed by atoms with van der Waals surface area (Å²) < 4.78 is 0. The number of rotatable bonds is 4. The summed E-state index contributed by atoms with van der Waals surface area (Å²) in [5, 5.41) is 3.18. The molecule has 3 N–H and O–H groups in total. The molecule has 1 atom stereocenters. The first-order valence-corrected chi connectivity index (χ1v) is 8.97. The number of thioether (sulfide) groups is 1. The zero-order valence-corrected chi connectivity index (χ0v) is 15.4. The number of amides is 1. The van der Waals surface area contributed by atoms with Crippen molar-refractivity contribution in [2.75, 3.05) is 11.5 Å². The zero-order chi connectivity index (χ0) is 16.2. The quantitative estimate of drug-likeness (QED) is 0.630. The molecule has 0 aliphatic heterocycles. The van der Waals surface area contributed by atoms with Crippen LogP contribution in [0.4, 0.5) is 5.69 Å². The molecule has 1 unspecified atom stereocenters. The van der Waals surface area contributed by atoms with Crippen LogP contribution in [0.1, 0.15) is 35.6 Å². The van der Waals surface area contributed by atoms with E-state index in [1.807, 2.05) is 12.1 Å². The fourth-order valence-electron chi connectivity index (χ4n) is 3.00. The normalized spacial score (nSPS) is 16.0. The number of halogens is 1. The summed E-state index contributed by atoms with van der Waals surface area (Å²) in [6.45, 7) is 2.06. The largest absolute Gasteiger partial charge is 0.399 e. The van der Waals surface area contributed by atoms with Crippen LogP contribution in [0.2, 0.25) is 0 Å². The number of nitrogens with one attached hydrogen (secondary N) is 1. The van der Waals surface area contributed by atoms with E-state index >= 15 is 0 Å². The number of nitrogen functional groups attached to an aromatic ring is 1. The van der Waals surface area contributed by atoms with E-state index in [1.165, 1.54) is 16.7 Å². The number of benzene rings is 2. The lowest BCUT2D eigenvalue weighted by atomic mass is 9.87. The summed E-state index contributed by atoms with van der Waals surface area (Å²) >= 11 is 1.58. The Balaban J connectivity index is 0.00000208. The maximum Gasteiger partial charge on any atom is 0.230 e. The van der Waals surface area contributed by atoms with Gasteiger partial charge in [-0.05, 0) is 61.6 Å². The third kappa shape index (κ3) is 4.68. The number of anilines is 1. The zero-order valence-electron chi connectivity index (χ0n) is 13.7. The molecule has 1 amide bonds. The minimum absolute atomic E-state index is 0. The van der Waals surface area contributed by atoms with Gasteiger partial charge >= 0.3 is 0 Å². The second kappa shape index (κ2) is 8.45. The molecular weight excluding hydrogens is 340 g/mol. The van der Waals surface area contributed by atoms with E-state index in [9.17, 15) is 4.79 Å². The van der Waals surface area contributed by atoms with Crippen molar-refractivity contribution >= 4 is 35.8 Å². The summed E-state index contributed by atoms with van der Waals surface area (Å²) in [5.41, 5.74) is 10.4. The molecule has 0 saturated heterocycles. The summed E-state index contributed by atoms with van der Waals surface area (Å²) in [6.07, 6.45) is 3.13. The van der Waals surface area contributed by atoms with Crippen LogP contribution in [0.15, 0.2) is 47.4 Å². The molecule has 128 valence electrons. The smallest absolute Gasteiger partial charge is 0.230 e. The lowest BCUT2D eigenvalue weighted by Crippen LogP contribution is -2.32. The van der Waals surface area contributed by atoms with Crippen molar-refractivity contribution in [3.63, 3.8) is 0 Å². The van der Waals surface area contributed by atoms with Crippen molar-refractivity contribution < 1.29 is 4.79 Å². The van der Waals surface area contributed by atoms with Crippen molar-refractivity contribution in [3.8, 4) is 0 Å². The van der Waals surface area contributed by atoms with Gasteiger partial charge in [0.1, 0.15) is 0 Å². The first kappa shape index (κ1) is 18.7. The first-order chi connectivity index (χ1) is 11.1. The van der Waals surface area contributed by atoms with Crippen LogP contribution in [0.3, 0.4) is 0 Å². The Morgan fingerprint density at radius 3 is 2.75 bits per heavy atom. The first-order valence-electron chi connectivity index (χ1n) is 7.99. The Hall–Kier alpha value is -1.65. The van der Waals surface area contributed by atoms with Gasteiger partial charge in [0.25, 0.3) is 0 Å². The monoisotopic (exact) mass is 362 g/mol. The number of hydrogen-bond donors (Lipinski definition) is 2. The van der Waals surface area contributed by atoms with E-state index in [-0.39, 0.29) is 24.4 Å². The molecule has 0 spiro atoms. The highest BCUT2D eigenvalue weighted by Crippen LogP contribution is 2.31. The fraction of sp³-hybridized carbons (Fsp3) is 0.316. The van der Waals surface area contributed by atoms with Crippen molar-refractivity contribution in [3.05, 3.63) is 59.2 Å². The van der Waals surface area contributed by atoms with Gasteiger partial charge in [-0.25, -0.2) is 0 Å². The fourth-order valence-corrected chi connectivity index (χ4v) is 3.71. The summed E-state index contributed by atoms with van der Waals surface area (Å²) in [4.78, 5) is 13.4. The van der Waals surface area contributed by atoms with Gasteiger partial charge in [-0.15, -0.1) is 24.2 Å². The van der Waals surface area contributed by atoms with Gasteiger partial charge in [0.05, 0.1) is 11.8 Å². The van der Waals surface area contributed by atoms with E-state index < -0.39 is 0 Å². The molecule has 0 radical (unpaired) electrons. The van der Waals surface area contributed by atoms with Gasteiger partial charge in [-0.3, -0.25) is 4.79 Å². The van der Waals surface area contributed by atoms with E-state index in [0.29, 0.717) is 5.75 Å². The van der Waals surface area contributed by atoms with Crippen LogP contribution in [-0.2, 0) is 11.2 Å². The highest BCUT2D eigenvalue weighted by Gasteiger charge is 2.21. The highest BCUT2D eigenvalue weighted by molar-refractivity contribution is 8.00. The van der Waals surface area contributed by atoms with Crippen LogP contribution in [0, 0.1) is 6.92 Å². The third-order valence-electron chi connectivity index (χ3n) is 4.21. The standard InChI is InChI=1S/C19H22N2OS.ClH/c1-13-5-8-16(9-6-13)23-12-19(22)21-18-4-2-3-14-11-15(20)7-10-17(14)18;/h5-11,18H,2-4,12,20H2,1H3,(H,21,22);1H. The van der Waals surface area contributed by atoms with Crippen molar-refractivity contribution in [2.24, 2.45) is 0 Å². The molecule has 0 saturated carbocycles. The minimum atomic E-state index is 0. The number of fused-ring (bicyclic) bond motifs is 1. The van der Waals surface area contributed by atoms with Gasteiger partial charge in [0.15, 0.2) is 0 Å². The summed E-state index contributed by atoms with van der Waals surface area (Å²) in [6, 6.07) is 14.4. The molecule has 0 heterocycles. The van der Waals surface area contributed by atoms with E-state index in [2.05, 4.69) is 42.6 Å². The third-order valence-corrected chi connectivity index (χ3v) is 5.22. The average Bonchev–Trinajstić information content (AvgIpc) is 2.54. The van der Waals surface area contributed by atoms with Crippen molar-refractivity contribution in [2.45, 2.75) is 37.1 Å². The maximum atomic E-state index is 12.3. The van der Waals surface area contributed by atoms with Crippen molar-refractivity contribution in [1.29, 1.82) is 0 Å². The maximum absolute atomic E-state index is 12.3. The van der Waals surface area contributed by atoms with Gasteiger partial charge in [-0.2, -0.15) is 0 Å². The second-order valence-corrected chi connectivity index (χ2v) is 7.12. The van der Waals surface area contributed by atoms with Crippen LogP contribution in [0.5, 0.6) is 0 Å². The molecule has 0 aromatic heterocycles. The average molecular weight is 363 g/mol. The topological polar surface area (TPSA) is 55.1 Å². The SMILES string of the molecule is Cc1ccc(SCC(=O)NC2CCCc3cc(N)ccc32)cc1.Cl. The number of hydrogen-bond acceptors (Lipinski definition) is 3. The molecule has 1 aliphatic carbocycles. The van der Waals surface area contributed by atoms with Crippen LogP contribution in [-0.4, -0.2) is 11.7 Å². The van der Waals surface area contributed by atoms with E-state index in [1.54, 1.807) is 11.8 Å². The summed E-state index contributed by atoms with van der Waals surface area (Å²) in [7, 11) is 0. The Morgan fingerprint density at radius 1 is 1.25 bits per heavy atom. The van der Waals surface area contributed by atoms with E-state index in [0.717, 1.165) is 29.8 Å². The molecule has 2 aromatic carbocycles. The van der Waals surface area contributed by atoms with Crippen LogP contribution in [0.25, 0.3) is 0 Å². The van der Waals surface area contributed by atoms with Crippen LogP contribution >= 0.6 is 24.2 Å². The number of nitrogens with two attached hydrogens (primary N) is 1. The lowest BCUT2D eigenvalue weighted by Gasteiger charge is -2.26. The Kier molecular flexibility index (Phi) is 6.58. The minimum Gasteiger partial charge on any atom is -0.399 e. The number of aryl methyl sites for hydroxylation is 2. The molecule has 3 nitrogen and oxygen atoms in total. The molecule has 24 heavy (non-hydrogen) atoms. The van der Waals surface area contributed by atoms with Gasteiger partial charge in [0.2, 0.25) is 5.91 Å². The predicted octanol–water partition coefficient (Wildman–Crippen LogP) is 4.28. The molecular formula is C19H23ClN2OS. The lowest BCUT2D eigenvalue weighted by molar-refractivity contribution is -0.119. The number of carbonyl (C=O) groups excluding carboxylic acids is 1. The molecule has 5 heteroatoms. The van der Waals surface area contributed by atoms with E-state index in [4.69, 9.17) is 5.73 Å². The second-order valence-electron chi connectivity index (χ2n) is 6.07. The molecule has 2 aromatic rings. The number of carbonyl (C=O) groups is 1. The Morgan fingerprint density at radius 2 is 2.00 bits per heavy atom. The van der Waals surface area contributed by atoms with Gasteiger partial charge in [-0.1, -0.05) is 23.8 Å². The highest BCUT2D eigenvalue weighted by atomic mass is 35.5. The van der Waals surface area contributed by atoms with Gasteiger partial charge in [0, 0.05) is 10.6 Å². The van der Waals surface area contributed by atoms with Crippen LogP contribution < -0.4 is 11.1 Å². The molecule has 3 rings (SSSR count).